The molecule has 1 N–H and O–H groups in total. The minimum Gasteiger partial charge on any atom is -0.493 e. The molecule has 0 atom stereocenters. The third-order valence-electron chi connectivity index (χ3n) is 4.06. The Balaban J connectivity index is 2.00. The Kier molecular flexibility index (Phi) is 6.74. The predicted octanol–water partition coefficient (Wildman–Crippen LogP) is 2.86. The first kappa shape index (κ1) is 18.7. The van der Waals surface area contributed by atoms with Gasteiger partial charge in [-0.2, -0.15) is 0 Å². The Hall–Kier alpha value is -2.63. The molecule has 2 rings (SSSR count). The lowest BCUT2D eigenvalue weighted by atomic mass is 10.1. The molecule has 25 heavy (non-hydrogen) atoms. The molecular formula is C19H27N3O3. The maximum absolute atomic E-state index is 5.41. The van der Waals surface area contributed by atoms with Crippen molar-refractivity contribution in [2.75, 3.05) is 34.9 Å². The number of methoxy groups -OCH3 is 2. The summed E-state index contributed by atoms with van der Waals surface area (Å²) in [5.74, 6) is 3.27. The van der Waals surface area contributed by atoms with Gasteiger partial charge in [0.15, 0.2) is 17.5 Å². The third-order valence-corrected chi connectivity index (χ3v) is 4.06. The van der Waals surface area contributed by atoms with Crippen molar-refractivity contribution in [1.29, 1.82) is 0 Å². The van der Waals surface area contributed by atoms with E-state index in [4.69, 9.17) is 13.9 Å². The number of guanidine groups is 1. The van der Waals surface area contributed by atoms with E-state index in [9.17, 15) is 0 Å². The number of hydrogen-bond acceptors (Lipinski definition) is 4. The van der Waals surface area contributed by atoms with Crippen LogP contribution in [0.3, 0.4) is 0 Å². The number of benzene rings is 1. The summed E-state index contributed by atoms with van der Waals surface area (Å²) >= 11 is 0. The number of ether oxygens (including phenoxy) is 2. The summed E-state index contributed by atoms with van der Waals surface area (Å²) in [6.07, 6.45) is 2.51. The lowest BCUT2D eigenvalue weighted by Crippen LogP contribution is -2.39. The molecule has 1 aromatic heterocycles. The SMILES string of the molecule is CN=C(NCCc1ccco1)N(C)Cc1cc(OC)c(OC)cc1C. The minimum atomic E-state index is 0.715. The molecule has 0 bridgehead atoms. The fraction of sp³-hybridized carbons (Fsp3) is 0.421. The van der Waals surface area contributed by atoms with E-state index in [2.05, 4.69) is 22.1 Å². The molecule has 2 aromatic rings. The van der Waals surface area contributed by atoms with Gasteiger partial charge in [-0.15, -0.1) is 0 Å². The molecule has 0 amide bonds. The van der Waals surface area contributed by atoms with Gasteiger partial charge in [-0.25, -0.2) is 0 Å². The Morgan fingerprint density at radius 1 is 1.24 bits per heavy atom. The van der Waals surface area contributed by atoms with Crippen molar-refractivity contribution in [3.63, 3.8) is 0 Å². The Labute approximate surface area is 149 Å². The summed E-state index contributed by atoms with van der Waals surface area (Å²) in [6, 6.07) is 7.88. The van der Waals surface area contributed by atoms with Crippen LogP contribution in [0, 0.1) is 6.92 Å². The molecule has 6 nitrogen and oxygen atoms in total. The molecule has 0 saturated heterocycles. The standard InChI is InChI=1S/C19H27N3O3/c1-14-11-17(23-4)18(24-5)12-15(14)13-22(3)19(20-2)21-9-8-16-7-6-10-25-16/h6-7,10-12H,8-9,13H2,1-5H3,(H,20,21). The van der Waals surface area contributed by atoms with Gasteiger partial charge in [-0.1, -0.05) is 0 Å². The molecule has 0 saturated carbocycles. The lowest BCUT2D eigenvalue weighted by Gasteiger charge is -2.23. The van der Waals surface area contributed by atoms with Crippen molar-refractivity contribution in [3.8, 4) is 11.5 Å². The van der Waals surface area contributed by atoms with Crippen molar-refractivity contribution in [2.24, 2.45) is 4.99 Å². The quantitative estimate of drug-likeness (QED) is 0.618. The van der Waals surface area contributed by atoms with Gasteiger partial charge >= 0.3 is 0 Å². The lowest BCUT2D eigenvalue weighted by molar-refractivity contribution is 0.353. The van der Waals surface area contributed by atoms with Crippen LogP contribution in [0.15, 0.2) is 39.9 Å². The highest BCUT2D eigenvalue weighted by molar-refractivity contribution is 5.79. The summed E-state index contributed by atoms with van der Waals surface area (Å²) in [7, 11) is 7.09. The maximum Gasteiger partial charge on any atom is 0.193 e. The molecule has 6 heteroatoms. The smallest absolute Gasteiger partial charge is 0.193 e. The normalized spacial score (nSPS) is 11.3. The largest absolute Gasteiger partial charge is 0.493 e. The minimum absolute atomic E-state index is 0.715. The number of nitrogens with one attached hydrogen (secondary N) is 1. The maximum atomic E-state index is 5.41. The van der Waals surface area contributed by atoms with E-state index in [0.717, 1.165) is 47.3 Å². The monoisotopic (exact) mass is 345 g/mol. The third kappa shape index (κ3) is 4.92. The van der Waals surface area contributed by atoms with Gasteiger partial charge < -0.3 is 24.1 Å². The van der Waals surface area contributed by atoms with E-state index in [0.29, 0.717) is 6.54 Å². The highest BCUT2D eigenvalue weighted by Gasteiger charge is 2.12. The van der Waals surface area contributed by atoms with Crippen LogP contribution in [0.5, 0.6) is 11.5 Å². The number of nitrogens with zero attached hydrogens (tertiary/aromatic N) is 2. The van der Waals surface area contributed by atoms with Crippen LogP contribution in [0.1, 0.15) is 16.9 Å². The van der Waals surface area contributed by atoms with E-state index in [1.54, 1.807) is 27.5 Å². The zero-order chi connectivity index (χ0) is 18.2. The van der Waals surface area contributed by atoms with Gasteiger partial charge in [-0.05, 0) is 42.3 Å². The number of aryl methyl sites for hydroxylation is 1. The molecule has 0 radical (unpaired) electrons. The first-order valence-corrected chi connectivity index (χ1v) is 8.24. The second kappa shape index (κ2) is 9.01. The van der Waals surface area contributed by atoms with E-state index >= 15 is 0 Å². The molecule has 0 fully saturated rings. The summed E-state index contributed by atoms with van der Waals surface area (Å²) in [6.45, 7) is 3.54. The topological polar surface area (TPSA) is 59.2 Å². The van der Waals surface area contributed by atoms with Crippen LogP contribution in [-0.2, 0) is 13.0 Å². The van der Waals surface area contributed by atoms with E-state index < -0.39 is 0 Å². The van der Waals surface area contributed by atoms with Gasteiger partial charge in [0, 0.05) is 33.6 Å². The average Bonchev–Trinajstić information content (AvgIpc) is 3.13. The summed E-state index contributed by atoms with van der Waals surface area (Å²) in [5, 5.41) is 3.36. The van der Waals surface area contributed by atoms with Crippen molar-refractivity contribution < 1.29 is 13.9 Å². The van der Waals surface area contributed by atoms with Crippen molar-refractivity contribution in [1.82, 2.24) is 10.2 Å². The van der Waals surface area contributed by atoms with Crippen LogP contribution in [0.4, 0.5) is 0 Å². The molecular weight excluding hydrogens is 318 g/mol. The van der Waals surface area contributed by atoms with Crippen molar-refractivity contribution >= 4 is 5.96 Å². The molecule has 1 aromatic carbocycles. The molecule has 0 spiro atoms. The van der Waals surface area contributed by atoms with Gasteiger partial charge in [0.05, 0.1) is 20.5 Å². The van der Waals surface area contributed by atoms with Crippen LogP contribution in [0.2, 0.25) is 0 Å². The number of hydrogen-bond donors (Lipinski definition) is 1. The van der Waals surface area contributed by atoms with Crippen molar-refractivity contribution in [2.45, 2.75) is 19.9 Å². The molecule has 0 aliphatic carbocycles. The fourth-order valence-electron chi connectivity index (χ4n) is 2.66. The van der Waals surface area contributed by atoms with Gasteiger partial charge in [0.2, 0.25) is 0 Å². The van der Waals surface area contributed by atoms with Crippen LogP contribution in [-0.4, -0.2) is 45.7 Å². The summed E-state index contributed by atoms with van der Waals surface area (Å²) < 4.78 is 16.1. The fourth-order valence-corrected chi connectivity index (χ4v) is 2.66. The van der Waals surface area contributed by atoms with Gasteiger partial charge in [0.25, 0.3) is 0 Å². The van der Waals surface area contributed by atoms with Crippen LogP contribution < -0.4 is 14.8 Å². The second-order valence-corrected chi connectivity index (χ2v) is 5.79. The van der Waals surface area contributed by atoms with E-state index in [1.165, 1.54) is 0 Å². The summed E-state index contributed by atoms with van der Waals surface area (Å²) in [5.41, 5.74) is 2.31. The Morgan fingerprint density at radius 2 is 1.96 bits per heavy atom. The highest BCUT2D eigenvalue weighted by Crippen LogP contribution is 2.30. The molecule has 0 unspecified atom stereocenters. The number of aliphatic imine (C=N–C) groups is 1. The highest BCUT2D eigenvalue weighted by atomic mass is 16.5. The second-order valence-electron chi connectivity index (χ2n) is 5.79. The van der Waals surface area contributed by atoms with Crippen LogP contribution >= 0.6 is 0 Å². The van der Waals surface area contributed by atoms with Crippen LogP contribution in [0.25, 0.3) is 0 Å². The molecule has 0 aliphatic rings. The predicted molar refractivity (Wildman–Crippen MR) is 99.5 cm³/mol. The molecule has 0 aliphatic heterocycles. The summed E-state index contributed by atoms with van der Waals surface area (Å²) in [4.78, 5) is 6.43. The zero-order valence-corrected chi connectivity index (χ0v) is 15.6. The Morgan fingerprint density at radius 3 is 2.56 bits per heavy atom. The first-order valence-electron chi connectivity index (χ1n) is 8.24. The number of furan rings is 1. The van der Waals surface area contributed by atoms with E-state index in [1.807, 2.05) is 31.3 Å². The zero-order valence-electron chi connectivity index (χ0n) is 15.6. The molecule has 1 heterocycles. The first-order chi connectivity index (χ1) is 12.1. The van der Waals surface area contributed by atoms with Gasteiger partial charge in [0.1, 0.15) is 5.76 Å². The Bertz CT molecular complexity index is 696. The number of rotatable bonds is 7. The van der Waals surface area contributed by atoms with Gasteiger partial charge in [-0.3, -0.25) is 4.99 Å². The van der Waals surface area contributed by atoms with Crippen molar-refractivity contribution in [3.05, 3.63) is 47.4 Å². The average molecular weight is 345 g/mol. The molecule has 136 valence electrons. The van der Waals surface area contributed by atoms with E-state index in [-0.39, 0.29) is 0 Å².